The van der Waals surface area contributed by atoms with Gasteiger partial charge in [0.15, 0.2) is 0 Å². The highest BCUT2D eigenvalue weighted by Crippen LogP contribution is 2.36. The summed E-state index contributed by atoms with van der Waals surface area (Å²) in [6.45, 7) is 4.50. The summed E-state index contributed by atoms with van der Waals surface area (Å²) in [6, 6.07) is 5.48. The summed E-state index contributed by atoms with van der Waals surface area (Å²) in [6.07, 6.45) is -0.322. The molecule has 0 amide bonds. The van der Waals surface area contributed by atoms with Crippen LogP contribution in [0.2, 0.25) is 5.02 Å². The number of benzene rings is 1. The van der Waals surface area contributed by atoms with Crippen molar-refractivity contribution in [2.45, 2.75) is 45.1 Å². The molecule has 0 atom stereocenters. The van der Waals surface area contributed by atoms with E-state index in [4.69, 9.17) is 16.3 Å². The SMILES string of the molecule is CC(=O)OC(C)(C)CCC(F)(F)c1ccc(Cl)cc1. The lowest BCUT2D eigenvalue weighted by atomic mass is 9.96. The van der Waals surface area contributed by atoms with Crippen LogP contribution in [0.1, 0.15) is 39.2 Å². The zero-order chi connectivity index (χ0) is 14.7. The minimum Gasteiger partial charge on any atom is -0.460 e. The molecule has 0 saturated carbocycles. The molecule has 19 heavy (non-hydrogen) atoms. The molecule has 1 aromatic rings. The third-order valence-corrected chi connectivity index (χ3v) is 2.98. The maximum Gasteiger partial charge on any atom is 0.303 e. The molecule has 0 aromatic heterocycles. The first-order valence-corrected chi connectivity index (χ1v) is 6.34. The third kappa shape index (κ3) is 5.15. The predicted octanol–water partition coefficient (Wildman–Crippen LogP) is 4.55. The fourth-order valence-electron chi connectivity index (χ4n) is 1.74. The molecule has 5 heteroatoms. The molecule has 0 spiro atoms. The molecule has 0 aliphatic heterocycles. The maximum absolute atomic E-state index is 14.0. The summed E-state index contributed by atoms with van der Waals surface area (Å²) >= 11 is 5.67. The van der Waals surface area contributed by atoms with Gasteiger partial charge in [0.25, 0.3) is 5.92 Å². The Morgan fingerprint density at radius 2 is 1.74 bits per heavy atom. The minimum atomic E-state index is -2.97. The van der Waals surface area contributed by atoms with Crippen molar-refractivity contribution in [1.82, 2.24) is 0 Å². The van der Waals surface area contributed by atoms with Crippen molar-refractivity contribution in [2.75, 3.05) is 0 Å². The molecule has 0 bridgehead atoms. The van der Waals surface area contributed by atoms with Crippen molar-refractivity contribution in [2.24, 2.45) is 0 Å². The Morgan fingerprint density at radius 1 is 1.21 bits per heavy atom. The van der Waals surface area contributed by atoms with E-state index in [2.05, 4.69) is 0 Å². The Balaban J connectivity index is 2.69. The standard InChI is InChI=1S/C14H17ClF2O2/c1-10(18)19-13(2,3)8-9-14(16,17)11-4-6-12(15)7-5-11/h4-7H,8-9H2,1-3H3. The first-order chi connectivity index (χ1) is 8.62. The molecule has 0 saturated heterocycles. The number of hydrogen-bond acceptors (Lipinski definition) is 2. The van der Waals surface area contributed by atoms with Crippen molar-refractivity contribution < 1.29 is 18.3 Å². The zero-order valence-electron chi connectivity index (χ0n) is 11.2. The number of ether oxygens (including phenoxy) is 1. The van der Waals surface area contributed by atoms with E-state index >= 15 is 0 Å². The maximum atomic E-state index is 14.0. The van der Waals surface area contributed by atoms with E-state index in [0.29, 0.717) is 5.02 Å². The monoisotopic (exact) mass is 290 g/mol. The molecule has 2 nitrogen and oxygen atoms in total. The number of alkyl halides is 2. The Labute approximate surface area is 116 Å². The first kappa shape index (κ1) is 15.9. The molecule has 0 aliphatic rings. The fourth-order valence-corrected chi connectivity index (χ4v) is 1.86. The van der Waals surface area contributed by atoms with Crippen LogP contribution in [0.25, 0.3) is 0 Å². The normalized spacial score (nSPS) is 12.3. The van der Waals surface area contributed by atoms with Crippen molar-refractivity contribution in [3.8, 4) is 0 Å². The molecular weight excluding hydrogens is 274 g/mol. The van der Waals surface area contributed by atoms with Crippen LogP contribution >= 0.6 is 11.6 Å². The average molecular weight is 291 g/mol. The van der Waals surface area contributed by atoms with Crippen LogP contribution in [0.3, 0.4) is 0 Å². The largest absolute Gasteiger partial charge is 0.460 e. The second kappa shape index (κ2) is 5.87. The summed E-state index contributed by atoms with van der Waals surface area (Å²) < 4.78 is 32.9. The van der Waals surface area contributed by atoms with Gasteiger partial charge in [-0.25, -0.2) is 8.78 Å². The van der Waals surface area contributed by atoms with Crippen LogP contribution in [0, 0.1) is 0 Å². The van der Waals surface area contributed by atoms with E-state index in [9.17, 15) is 13.6 Å². The van der Waals surface area contributed by atoms with E-state index in [0.717, 1.165) is 0 Å². The lowest BCUT2D eigenvalue weighted by Crippen LogP contribution is -2.29. The molecular formula is C14H17ClF2O2. The van der Waals surface area contributed by atoms with Gasteiger partial charge in [0.1, 0.15) is 5.60 Å². The molecule has 0 aliphatic carbocycles. The molecule has 1 rings (SSSR count). The Bertz CT molecular complexity index is 441. The van der Waals surface area contributed by atoms with Gasteiger partial charge in [-0.05, 0) is 32.4 Å². The molecule has 0 unspecified atom stereocenters. The quantitative estimate of drug-likeness (QED) is 0.743. The van der Waals surface area contributed by atoms with E-state index in [1.807, 2.05) is 0 Å². The van der Waals surface area contributed by atoms with Gasteiger partial charge in [-0.15, -0.1) is 0 Å². The van der Waals surface area contributed by atoms with Gasteiger partial charge in [-0.2, -0.15) is 0 Å². The molecule has 1 aromatic carbocycles. The Kier molecular flexibility index (Phi) is 4.91. The topological polar surface area (TPSA) is 26.3 Å². The van der Waals surface area contributed by atoms with Gasteiger partial charge in [-0.3, -0.25) is 4.79 Å². The lowest BCUT2D eigenvalue weighted by Gasteiger charge is -2.27. The van der Waals surface area contributed by atoms with Gasteiger partial charge in [0.2, 0.25) is 0 Å². The Morgan fingerprint density at radius 3 is 2.21 bits per heavy atom. The van der Waals surface area contributed by atoms with Gasteiger partial charge in [0, 0.05) is 23.9 Å². The second-order valence-corrected chi connectivity index (χ2v) is 5.50. The van der Waals surface area contributed by atoms with E-state index in [1.54, 1.807) is 13.8 Å². The van der Waals surface area contributed by atoms with Crippen LogP contribution in [0.15, 0.2) is 24.3 Å². The fraction of sp³-hybridized carbons (Fsp3) is 0.500. The molecule has 106 valence electrons. The van der Waals surface area contributed by atoms with Gasteiger partial charge in [-0.1, -0.05) is 23.7 Å². The van der Waals surface area contributed by atoms with Crippen LogP contribution in [0.5, 0.6) is 0 Å². The minimum absolute atomic E-state index is 0.0716. The van der Waals surface area contributed by atoms with Crippen LogP contribution in [-0.4, -0.2) is 11.6 Å². The molecule has 0 N–H and O–H groups in total. The first-order valence-electron chi connectivity index (χ1n) is 5.96. The van der Waals surface area contributed by atoms with Gasteiger partial charge in [0.05, 0.1) is 0 Å². The summed E-state index contributed by atoms with van der Waals surface area (Å²) in [4.78, 5) is 10.9. The summed E-state index contributed by atoms with van der Waals surface area (Å²) in [5, 5.41) is 0.416. The van der Waals surface area contributed by atoms with Gasteiger partial charge >= 0.3 is 5.97 Å². The zero-order valence-corrected chi connectivity index (χ0v) is 11.9. The predicted molar refractivity (Wildman–Crippen MR) is 70.4 cm³/mol. The summed E-state index contributed by atoms with van der Waals surface area (Å²) in [5.74, 6) is -3.44. The van der Waals surface area contributed by atoms with Crippen molar-refractivity contribution in [1.29, 1.82) is 0 Å². The molecule has 0 fully saturated rings. The summed E-state index contributed by atoms with van der Waals surface area (Å²) in [5.41, 5.74) is -0.989. The number of carbonyl (C=O) groups is 1. The highest BCUT2D eigenvalue weighted by atomic mass is 35.5. The van der Waals surface area contributed by atoms with Crippen molar-refractivity contribution in [3.63, 3.8) is 0 Å². The van der Waals surface area contributed by atoms with Crippen molar-refractivity contribution >= 4 is 17.6 Å². The Hall–Kier alpha value is -1.16. The van der Waals surface area contributed by atoms with E-state index in [1.165, 1.54) is 31.2 Å². The third-order valence-electron chi connectivity index (χ3n) is 2.73. The van der Waals surface area contributed by atoms with Crippen LogP contribution in [0.4, 0.5) is 8.78 Å². The van der Waals surface area contributed by atoms with E-state index in [-0.39, 0.29) is 12.0 Å². The number of carbonyl (C=O) groups excluding carboxylic acids is 1. The highest BCUT2D eigenvalue weighted by molar-refractivity contribution is 6.30. The number of rotatable bonds is 5. The van der Waals surface area contributed by atoms with Crippen LogP contribution < -0.4 is 0 Å². The highest BCUT2D eigenvalue weighted by Gasteiger charge is 2.34. The molecule has 0 heterocycles. The number of esters is 1. The lowest BCUT2D eigenvalue weighted by molar-refractivity contribution is -0.156. The smallest absolute Gasteiger partial charge is 0.303 e. The van der Waals surface area contributed by atoms with Gasteiger partial charge < -0.3 is 4.74 Å². The van der Waals surface area contributed by atoms with Crippen molar-refractivity contribution in [3.05, 3.63) is 34.9 Å². The summed E-state index contributed by atoms with van der Waals surface area (Å²) in [7, 11) is 0. The van der Waals surface area contributed by atoms with E-state index < -0.39 is 23.9 Å². The molecule has 0 radical (unpaired) electrons. The number of hydrogen-bond donors (Lipinski definition) is 0. The average Bonchev–Trinajstić information content (AvgIpc) is 2.26. The second-order valence-electron chi connectivity index (χ2n) is 5.06. The number of halogens is 3. The van der Waals surface area contributed by atoms with Crippen LogP contribution in [-0.2, 0) is 15.5 Å².